The van der Waals surface area contributed by atoms with E-state index in [0.717, 1.165) is 24.0 Å². The van der Waals surface area contributed by atoms with Crippen LogP contribution in [0.2, 0.25) is 0 Å². The minimum absolute atomic E-state index is 0.339. The van der Waals surface area contributed by atoms with Gasteiger partial charge >= 0.3 is 0 Å². The van der Waals surface area contributed by atoms with Crippen LogP contribution in [0.3, 0.4) is 0 Å². The zero-order valence-corrected chi connectivity index (χ0v) is 13.9. The maximum Gasteiger partial charge on any atom is 0.250 e. The van der Waals surface area contributed by atoms with Crippen LogP contribution in [0.5, 0.6) is 0 Å². The molecule has 1 saturated carbocycles. The third-order valence-corrected chi connectivity index (χ3v) is 3.80. The molecule has 0 radical (unpaired) electrons. The fourth-order valence-electron chi connectivity index (χ4n) is 2.60. The summed E-state index contributed by atoms with van der Waals surface area (Å²) in [6.07, 6.45) is 3.99. The zero-order valence-electron chi connectivity index (χ0n) is 13.9. The molecule has 1 aliphatic carbocycles. The fraction of sp³-hybridized carbons (Fsp3) is 0.389. The molecule has 124 valence electrons. The van der Waals surface area contributed by atoms with Gasteiger partial charge in [0.05, 0.1) is 17.8 Å². The Balaban J connectivity index is 0.000000924. The fourth-order valence-corrected chi connectivity index (χ4v) is 2.60. The molecule has 1 aromatic carbocycles. The maximum atomic E-state index is 14.0. The van der Waals surface area contributed by atoms with E-state index in [1.807, 2.05) is 33.0 Å². The predicted octanol–water partition coefficient (Wildman–Crippen LogP) is 3.21. The molecule has 5 heteroatoms. The van der Waals surface area contributed by atoms with E-state index < -0.39 is 5.91 Å². The first-order valence-corrected chi connectivity index (χ1v) is 8.06. The Morgan fingerprint density at radius 1 is 1.35 bits per heavy atom. The highest BCUT2D eigenvalue weighted by Gasteiger charge is 2.33. The Labute approximate surface area is 136 Å². The Hall–Kier alpha value is -2.30. The van der Waals surface area contributed by atoms with E-state index in [0.29, 0.717) is 29.4 Å². The van der Waals surface area contributed by atoms with Gasteiger partial charge in [-0.2, -0.15) is 0 Å². The van der Waals surface area contributed by atoms with Crippen molar-refractivity contribution in [1.29, 1.82) is 0 Å². The lowest BCUT2D eigenvalue weighted by Crippen LogP contribution is -2.30. The molecule has 4 nitrogen and oxygen atoms in total. The first kappa shape index (κ1) is 17.1. The second-order valence-electron chi connectivity index (χ2n) is 5.58. The molecule has 23 heavy (non-hydrogen) atoms. The number of hydrogen-bond acceptors (Lipinski definition) is 3. The van der Waals surface area contributed by atoms with E-state index in [2.05, 4.69) is 10.6 Å². The van der Waals surface area contributed by atoms with E-state index in [9.17, 15) is 9.18 Å². The number of nitrogens with two attached hydrogens (primary N) is 1. The molecule has 4 N–H and O–H groups in total. The van der Waals surface area contributed by atoms with Crippen molar-refractivity contribution in [1.82, 2.24) is 5.32 Å². The molecule has 1 fully saturated rings. The Morgan fingerprint density at radius 3 is 2.61 bits per heavy atom. The van der Waals surface area contributed by atoms with Crippen LogP contribution in [0.1, 0.15) is 32.3 Å². The Morgan fingerprint density at radius 2 is 2.04 bits per heavy atom. The van der Waals surface area contributed by atoms with Crippen molar-refractivity contribution in [3.8, 4) is 0 Å². The lowest BCUT2D eigenvalue weighted by molar-refractivity contribution is -0.114. The molecule has 0 atom stereocenters. The van der Waals surface area contributed by atoms with Gasteiger partial charge in [0.25, 0.3) is 5.91 Å². The second kappa shape index (κ2) is 7.31. The molecule has 2 aliphatic rings. The quantitative estimate of drug-likeness (QED) is 0.799. The van der Waals surface area contributed by atoms with Crippen LogP contribution in [0.25, 0.3) is 0 Å². The normalized spacial score (nSPS) is 16.8. The number of benzene rings is 1. The Bertz CT molecular complexity index is 660. The van der Waals surface area contributed by atoms with Crippen molar-refractivity contribution in [3.63, 3.8) is 0 Å². The first-order valence-electron chi connectivity index (χ1n) is 8.06. The highest BCUT2D eigenvalue weighted by molar-refractivity contribution is 5.98. The van der Waals surface area contributed by atoms with Crippen molar-refractivity contribution >= 4 is 11.6 Å². The molecule has 0 aromatic heterocycles. The number of nitrogens with one attached hydrogen (secondary N) is 2. The van der Waals surface area contributed by atoms with Gasteiger partial charge in [-0.05, 0) is 49.0 Å². The molecule has 1 heterocycles. The van der Waals surface area contributed by atoms with Crippen molar-refractivity contribution < 1.29 is 9.18 Å². The van der Waals surface area contributed by atoms with Crippen LogP contribution < -0.4 is 16.4 Å². The molecule has 0 bridgehead atoms. The van der Waals surface area contributed by atoms with Crippen molar-refractivity contribution in [2.45, 2.75) is 33.6 Å². The van der Waals surface area contributed by atoms with Gasteiger partial charge in [0, 0.05) is 11.9 Å². The summed E-state index contributed by atoms with van der Waals surface area (Å²) in [6, 6.07) is 4.95. The minimum Gasteiger partial charge on any atom is -0.385 e. The third kappa shape index (κ3) is 3.92. The summed E-state index contributed by atoms with van der Waals surface area (Å²) < 4.78 is 14.0. The second-order valence-corrected chi connectivity index (χ2v) is 5.58. The van der Waals surface area contributed by atoms with Gasteiger partial charge in [0.1, 0.15) is 5.82 Å². The standard InChI is InChI=1S/C16H18FN3O.C2H6/c1-9-2-5-13(12(17)6-9)20-14-8-19-7-11(10-3-4-10)15(14)16(18)21;1-2/h2,5-7,10,19-20H,3-4,8H2,1H3,(H2,18,21);1-2H3. The van der Waals surface area contributed by atoms with Crippen LogP contribution in [-0.2, 0) is 4.79 Å². The van der Waals surface area contributed by atoms with E-state index in [-0.39, 0.29) is 5.82 Å². The summed E-state index contributed by atoms with van der Waals surface area (Å²) in [4.78, 5) is 11.8. The van der Waals surface area contributed by atoms with E-state index in [1.54, 1.807) is 6.07 Å². The van der Waals surface area contributed by atoms with Crippen molar-refractivity contribution in [2.75, 3.05) is 11.9 Å². The summed E-state index contributed by atoms with van der Waals surface area (Å²) in [5.74, 6) is -0.418. The van der Waals surface area contributed by atoms with Crippen LogP contribution in [0, 0.1) is 18.7 Å². The number of carbonyl (C=O) groups is 1. The first-order chi connectivity index (χ1) is 11.1. The maximum absolute atomic E-state index is 14.0. The largest absolute Gasteiger partial charge is 0.385 e. The number of amides is 1. The molecule has 0 spiro atoms. The molecule has 1 aromatic rings. The van der Waals surface area contributed by atoms with Crippen LogP contribution in [0.15, 0.2) is 41.2 Å². The lowest BCUT2D eigenvalue weighted by Gasteiger charge is -2.22. The monoisotopic (exact) mass is 317 g/mol. The van der Waals surface area contributed by atoms with E-state index in [4.69, 9.17) is 5.73 Å². The van der Waals surface area contributed by atoms with E-state index in [1.165, 1.54) is 6.07 Å². The number of primary amides is 1. The summed E-state index contributed by atoms with van der Waals surface area (Å²) in [7, 11) is 0. The summed E-state index contributed by atoms with van der Waals surface area (Å²) in [5.41, 5.74) is 8.80. The molecule has 3 rings (SSSR count). The number of aryl methyl sites for hydroxylation is 1. The van der Waals surface area contributed by atoms with Gasteiger partial charge in [-0.25, -0.2) is 4.39 Å². The number of anilines is 1. The molecule has 0 unspecified atom stereocenters. The molecule has 0 saturated heterocycles. The highest BCUT2D eigenvalue weighted by atomic mass is 19.1. The van der Waals surface area contributed by atoms with E-state index >= 15 is 0 Å². The zero-order chi connectivity index (χ0) is 17.0. The molecule has 1 aliphatic heterocycles. The van der Waals surface area contributed by atoms with Gasteiger partial charge in [-0.3, -0.25) is 4.79 Å². The highest BCUT2D eigenvalue weighted by Crippen LogP contribution is 2.41. The topological polar surface area (TPSA) is 67.1 Å². The van der Waals surface area contributed by atoms with Gasteiger partial charge in [0.2, 0.25) is 0 Å². The van der Waals surface area contributed by atoms with Crippen molar-refractivity contribution in [3.05, 3.63) is 52.6 Å². The van der Waals surface area contributed by atoms with Gasteiger partial charge in [0.15, 0.2) is 0 Å². The summed E-state index contributed by atoms with van der Waals surface area (Å²) >= 11 is 0. The minimum atomic E-state index is -0.468. The van der Waals surface area contributed by atoms with Crippen LogP contribution in [-0.4, -0.2) is 12.5 Å². The average Bonchev–Trinajstić information content (AvgIpc) is 3.36. The molecular weight excluding hydrogens is 293 g/mol. The number of halogens is 1. The predicted molar refractivity (Wildman–Crippen MR) is 91.1 cm³/mol. The molecular formula is C18H24FN3O. The van der Waals surface area contributed by atoms with Gasteiger partial charge in [-0.1, -0.05) is 19.9 Å². The molecule has 1 amide bonds. The number of dihydropyridines is 1. The number of carbonyl (C=O) groups excluding carboxylic acids is 1. The number of hydrogen-bond donors (Lipinski definition) is 3. The SMILES string of the molecule is CC.Cc1ccc(NC2=C(C(N)=O)C(C3CC3)=CNC2)c(F)c1. The van der Waals surface area contributed by atoms with Crippen molar-refractivity contribution in [2.24, 2.45) is 11.7 Å². The third-order valence-electron chi connectivity index (χ3n) is 3.80. The van der Waals surface area contributed by atoms with Crippen LogP contribution in [0.4, 0.5) is 10.1 Å². The number of rotatable bonds is 4. The Kier molecular flexibility index (Phi) is 5.42. The van der Waals surface area contributed by atoms with Crippen LogP contribution >= 0.6 is 0 Å². The average molecular weight is 317 g/mol. The van der Waals surface area contributed by atoms with Gasteiger partial charge in [-0.15, -0.1) is 0 Å². The lowest BCUT2D eigenvalue weighted by atomic mass is 9.97. The smallest absolute Gasteiger partial charge is 0.250 e. The summed E-state index contributed by atoms with van der Waals surface area (Å²) in [6.45, 7) is 6.26. The summed E-state index contributed by atoms with van der Waals surface area (Å²) in [5, 5.41) is 6.15. The van der Waals surface area contributed by atoms with Gasteiger partial charge < -0.3 is 16.4 Å².